The van der Waals surface area contributed by atoms with Crippen molar-refractivity contribution in [2.45, 2.75) is 25.9 Å². The number of anilines is 1. The molecule has 6 nitrogen and oxygen atoms in total. The highest BCUT2D eigenvalue weighted by molar-refractivity contribution is 5.93. The molecule has 1 aromatic rings. The van der Waals surface area contributed by atoms with E-state index in [9.17, 15) is 22.8 Å². The largest absolute Gasteiger partial charge is 0.466 e. The number of nitrogens with zero attached hydrogens (tertiary/aromatic N) is 3. The number of ether oxygens (including phenoxy) is 1. The first-order valence-corrected chi connectivity index (χ1v) is 7.75. The lowest BCUT2D eigenvalue weighted by molar-refractivity contribution is -0.143. The normalized spacial score (nSPS) is 14.2. The quantitative estimate of drug-likeness (QED) is 0.580. The van der Waals surface area contributed by atoms with Gasteiger partial charge in [0.25, 0.3) is 0 Å². The zero-order valence-corrected chi connectivity index (χ0v) is 13.6. The maximum atomic E-state index is 12.8. The third kappa shape index (κ3) is 4.94. The second-order valence-corrected chi connectivity index (χ2v) is 5.29. The number of halogens is 3. The standard InChI is InChI=1S/C16H18F3N3O3/c1-2-25-15(24)7-8-21(11-23)14-6-9-22(20-14)13-5-3-4-12(10-13)16(17,18)19/h3-5,10-11H,2,6-9H2,1H3. The molecular formula is C16H18F3N3O3. The number of esters is 1. The summed E-state index contributed by atoms with van der Waals surface area (Å²) in [6.07, 6.45) is -3.47. The van der Waals surface area contributed by atoms with Gasteiger partial charge in [-0.25, -0.2) is 0 Å². The molecule has 0 N–H and O–H groups in total. The van der Waals surface area contributed by atoms with Crippen LogP contribution >= 0.6 is 0 Å². The molecule has 0 fully saturated rings. The molecule has 1 aliphatic heterocycles. The van der Waals surface area contributed by atoms with Crippen LogP contribution in [0.25, 0.3) is 0 Å². The number of alkyl halides is 3. The molecular weight excluding hydrogens is 339 g/mol. The van der Waals surface area contributed by atoms with E-state index >= 15 is 0 Å². The van der Waals surface area contributed by atoms with Gasteiger partial charge in [0, 0.05) is 19.5 Å². The molecule has 25 heavy (non-hydrogen) atoms. The van der Waals surface area contributed by atoms with Gasteiger partial charge in [0.2, 0.25) is 6.41 Å². The van der Waals surface area contributed by atoms with Crippen molar-refractivity contribution in [2.75, 3.05) is 24.7 Å². The Morgan fingerprint density at radius 2 is 2.20 bits per heavy atom. The fraction of sp³-hybridized carbons (Fsp3) is 0.438. The smallest absolute Gasteiger partial charge is 0.416 e. The van der Waals surface area contributed by atoms with Crippen molar-refractivity contribution in [1.82, 2.24) is 4.90 Å². The van der Waals surface area contributed by atoms with Crippen LogP contribution in [0.5, 0.6) is 0 Å². The summed E-state index contributed by atoms with van der Waals surface area (Å²) in [5.74, 6) is -0.0283. The van der Waals surface area contributed by atoms with Gasteiger partial charge in [0.1, 0.15) is 5.84 Å². The molecule has 1 aromatic carbocycles. The van der Waals surface area contributed by atoms with Crippen molar-refractivity contribution < 1.29 is 27.5 Å². The van der Waals surface area contributed by atoms with E-state index in [1.165, 1.54) is 22.0 Å². The molecule has 0 aromatic heterocycles. The number of amidine groups is 1. The molecule has 0 aliphatic carbocycles. The van der Waals surface area contributed by atoms with Gasteiger partial charge in [-0.2, -0.15) is 18.3 Å². The Bertz CT molecular complexity index is 662. The molecule has 1 amide bonds. The average Bonchev–Trinajstić information content (AvgIpc) is 3.05. The highest BCUT2D eigenvalue weighted by Crippen LogP contribution is 2.32. The predicted octanol–water partition coefficient (Wildman–Crippen LogP) is 2.64. The van der Waals surface area contributed by atoms with E-state index in [0.717, 1.165) is 12.1 Å². The fourth-order valence-electron chi connectivity index (χ4n) is 2.36. The Morgan fingerprint density at radius 1 is 1.44 bits per heavy atom. The van der Waals surface area contributed by atoms with E-state index in [-0.39, 0.29) is 19.6 Å². The van der Waals surface area contributed by atoms with Gasteiger partial charge in [-0.15, -0.1) is 0 Å². The number of hydrogen-bond donors (Lipinski definition) is 0. The summed E-state index contributed by atoms with van der Waals surface area (Å²) in [6, 6.07) is 4.83. The minimum atomic E-state index is -4.43. The van der Waals surface area contributed by atoms with Crippen molar-refractivity contribution in [3.05, 3.63) is 29.8 Å². The van der Waals surface area contributed by atoms with Crippen LogP contribution in [0.1, 0.15) is 25.3 Å². The Kier molecular flexibility index (Phi) is 6.00. The van der Waals surface area contributed by atoms with E-state index in [4.69, 9.17) is 4.74 Å². The maximum absolute atomic E-state index is 12.8. The Labute approximate surface area is 142 Å². The summed E-state index contributed by atoms with van der Waals surface area (Å²) in [4.78, 5) is 23.9. The molecule has 0 saturated heterocycles. The third-order valence-electron chi connectivity index (χ3n) is 3.58. The van der Waals surface area contributed by atoms with Crippen LogP contribution in [0.3, 0.4) is 0 Å². The van der Waals surface area contributed by atoms with Gasteiger partial charge in [-0.1, -0.05) is 6.07 Å². The van der Waals surface area contributed by atoms with E-state index in [1.807, 2.05) is 0 Å². The van der Waals surface area contributed by atoms with E-state index < -0.39 is 17.7 Å². The summed E-state index contributed by atoms with van der Waals surface area (Å²) in [7, 11) is 0. The van der Waals surface area contributed by atoms with Crippen LogP contribution in [0, 0.1) is 0 Å². The van der Waals surface area contributed by atoms with Gasteiger partial charge < -0.3 is 9.64 Å². The SMILES string of the molecule is CCOC(=O)CCN(C=O)C1=NN(c2cccc(C(F)(F)F)c2)CC1. The van der Waals surface area contributed by atoms with E-state index in [1.54, 1.807) is 6.92 Å². The van der Waals surface area contributed by atoms with Crippen molar-refractivity contribution >= 4 is 23.9 Å². The summed E-state index contributed by atoms with van der Waals surface area (Å²) in [5.41, 5.74) is -0.468. The van der Waals surface area contributed by atoms with Crippen LogP contribution in [0.4, 0.5) is 18.9 Å². The summed E-state index contributed by atoms with van der Waals surface area (Å²) in [5, 5.41) is 5.61. The highest BCUT2D eigenvalue weighted by Gasteiger charge is 2.31. The molecule has 9 heteroatoms. The number of carbonyl (C=O) groups excluding carboxylic acids is 2. The van der Waals surface area contributed by atoms with Crippen molar-refractivity contribution in [2.24, 2.45) is 5.10 Å². The van der Waals surface area contributed by atoms with E-state index in [2.05, 4.69) is 5.10 Å². The molecule has 1 aliphatic rings. The topological polar surface area (TPSA) is 62.2 Å². The number of amides is 1. The molecule has 136 valence electrons. The van der Waals surface area contributed by atoms with Crippen LogP contribution in [-0.2, 0) is 20.5 Å². The molecule has 0 bridgehead atoms. The van der Waals surface area contributed by atoms with Gasteiger partial charge in [-0.3, -0.25) is 14.6 Å². The van der Waals surface area contributed by atoms with Gasteiger partial charge in [0.05, 0.1) is 24.3 Å². The van der Waals surface area contributed by atoms with Crippen LogP contribution < -0.4 is 5.01 Å². The molecule has 2 rings (SSSR count). The first-order valence-electron chi connectivity index (χ1n) is 7.75. The molecule has 1 heterocycles. The third-order valence-corrected chi connectivity index (χ3v) is 3.58. The second kappa shape index (κ2) is 8.00. The maximum Gasteiger partial charge on any atom is 0.416 e. The van der Waals surface area contributed by atoms with Crippen LogP contribution in [0.2, 0.25) is 0 Å². The number of hydrazone groups is 1. The van der Waals surface area contributed by atoms with Crippen molar-refractivity contribution in [3.8, 4) is 0 Å². The number of hydrogen-bond acceptors (Lipinski definition) is 5. The Morgan fingerprint density at radius 3 is 2.84 bits per heavy atom. The highest BCUT2D eigenvalue weighted by atomic mass is 19.4. The lowest BCUT2D eigenvalue weighted by Crippen LogP contribution is -2.31. The van der Waals surface area contributed by atoms with Gasteiger partial charge in [0.15, 0.2) is 0 Å². The minimum absolute atomic E-state index is 0.0230. The Balaban J connectivity index is 2.08. The summed E-state index contributed by atoms with van der Waals surface area (Å²) >= 11 is 0. The van der Waals surface area contributed by atoms with Crippen LogP contribution in [0.15, 0.2) is 29.4 Å². The fourth-order valence-corrected chi connectivity index (χ4v) is 2.36. The zero-order valence-electron chi connectivity index (χ0n) is 13.6. The number of carbonyl (C=O) groups is 2. The molecule has 0 radical (unpaired) electrons. The van der Waals surface area contributed by atoms with Gasteiger partial charge in [-0.05, 0) is 25.1 Å². The van der Waals surface area contributed by atoms with Crippen molar-refractivity contribution in [1.29, 1.82) is 0 Å². The van der Waals surface area contributed by atoms with Gasteiger partial charge >= 0.3 is 12.1 Å². The molecule has 0 saturated carbocycles. The number of rotatable bonds is 6. The first kappa shape index (κ1) is 18.8. The Hall–Kier alpha value is -2.58. The lowest BCUT2D eigenvalue weighted by Gasteiger charge is -2.17. The van der Waals surface area contributed by atoms with Crippen molar-refractivity contribution in [3.63, 3.8) is 0 Å². The second-order valence-electron chi connectivity index (χ2n) is 5.29. The zero-order chi connectivity index (χ0) is 18.4. The summed E-state index contributed by atoms with van der Waals surface area (Å²) in [6.45, 7) is 2.39. The molecule has 0 unspecified atom stereocenters. The monoisotopic (exact) mass is 357 g/mol. The molecule has 0 atom stereocenters. The van der Waals surface area contributed by atoms with Crippen LogP contribution in [-0.4, -0.2) is 42.8 Å². The molecule has 0 spiro atoms. The first-order chi connectivity index (χ1) is 11.8. The average molecular weight is 357 g/mol. The van der Waals surface area contributed by atoms with E-state index in [0.29, 0.717) is 30.9 Å². The minimum Gasteiger partial charge on any atom is -0.466 e. The lowest BCUT2D eigenvalue weighted by atomic mass is 10.2. The predicted molar refractivity (Wildman–Crippen MR) is 84.9 cm³/mol. The number of benzene rings is 1. The summed E-state index contributed by atoms with van der Waals surface area (Å²) < 4.78 is 43.2.